The number of unbranched alkanes of at least 4 members (excludes halogenated alkanes) is 1. The van der Waals surface area contributed by atoms with Gasteiger partial charge in [0.15, 0.2) is 0 Å². The number of nitrogens with one attached hydrogen (secondary N) is 1. The van der Waals surface area contributed by atoms with Crippen molar-refractivity contribution in [1.82, 2.24) is 10.3 Å². The van der Waals surface area contributed by atoms with E-state index in [0.29, 0.717) is 0 Å². The average Bonchev–Trinajstić information content (AvgIpc) is 2.63. The first-order chi connectivity index (χ1) is 6.79. The lowest BCUT2D eigenvalue weighted by molar-refractivity contribution is 0.535. The number of nitrogens with zero attached hydrogens (tertiary/aromatic N) is 1. The summed E-state index contributed by atoms with van der Waals surface area (Å²) in [6.45, 7) is 6.76. The molecule has 80 valence electrons. The second-order valence-electron chi connectivity index (χ2n) is 3.98. The third kappa shape index (κ3) is 5.35. The van der Waals surface area contributed by atoms with E-state index < -0.39 is 0 Å². The maximum Gasteiger partial charge on any atom is 0.0924 e. The van der Waals surface area contributed by atoms with Gasteiger partial charge in [0.25, 0.3) is 0 Å². The Balaban J connectivity index is 1.90. The van der Waals surface area contributed by atoms with Gasteiger partial charge in [-0.25, -0.2) is 4.98 Å². The summed E-state index contributed by atoms with van der Waals surface area (Å²) in [6, 6.07) is 0. The molecule has 0 saturated heterocycles. The smallest absolute Gasteiger partial charge is 0.0924 e. The van der Waals surface area contributed by atoms with Crippen molar-refractivity contribution in [2.75, 3.05) is 13.1 Å². The molecule has 14 heavy (non-hydrogen) atoms. The van der Waals surface area contributed by atoms with E-state index in [1.807, 2.05) is 11.6 Å². The minimum Gasteiger partial charge on any atom is -0.316 e. The van der Waals surface area contributed by atoms with E-state index in [2.05, 4.69) is 24.1 Å². The number of aryl methyl sites for hydroxylation is 1. The summed E-state index contributed by atoms with van der Waals surface area (Å²) in [5.74, 6) is 0.758. The van der Waals surface area contributed by atoms with E-state index in [0.717, 1.165) is 25.4 Å². The van der Waals surface area contributed by atoms with Crippen molar-refractivity contribution in [3.63, 3.8) is 0 Å². The zero-order valence-corrected chi connectivity index (χ0v) is 9.94. The fraction of sp³-hybridized carbons (Fsp3) is 0.727. The fourth-order valence-electron chi connectivity index (χ4n) is 1.29. The van der Waals surface area contributed by atoms with Crippen molar-refractivity contribution in [2.45, 2.75) is 33.1 Å². The van der Waals surface area contributed by atoms with Gasteiger partial charge >= 0.3 is 0 Å². The monoisotopic (exact) mass is 212 g/mol. The molecule has 0 bridgehead atoms. The predicted octanol–water partition coefficient (Wildman–Crippen LogP) is 2.71. The second kappa shape index (κ2) is 6.96. The van der Waals surface area contributed by atoms with Crippen LogP contribution < -0.4 is 5.32 Å². The summed E-state index contributed by atoms with van der Waals surface area (Å²) >= 11 is 1.76. The molecule has 0 aliphatic heterocycles. The fourth-order valence-corrected chi connectivity index (χ4v) is 1.96. The van der Waals surface area contributed by atoms with Gasteiger partial charge in [-0.1, -0.05) is 13.8 Å². The van der Waals surface area contributed by atoms with Crippen LogP contribution in [0.15, 0.2) is 11.6 Å². The Bertz CT molecular complexity index is 219. The molecule has 1 N–H and O–H groups in total. The number of hydrogen-bond acceptors (Lipinski definition) is 3. The highest BCUT2D eigenvalue weighted by molar-refractivity contribution is 7.09. The van der Waals surface area contributed by atoms with E-state index in [1.165, 1.54) is 17.8 Å². The summed E-state index contributed by atoms with van der Waals surface area (Å²) in [6.07, 6.45) is 5.53. The number of rotatable bonds is 7. The van der Waals surface area contributed by atoms with E-state index in [9.17, 15) is 0 Å². The van der Waals surface area contributed by atoms with Gasteiger partial charge in [-0.05, 0) is 38.3 Å². The zero-order valence-electron chi connectivity index (χ0n) is 9.12. The molecule has 0 aromatic carbocycles. The van der Waals surface area contributed by atoms with Crippen molar-refractivity contribution in [3.05, 3.63) is 16.6 Å². The Labute approximate surface area is 90.8 Å². The third-order valence-corrected chi connectivity index (χ3v) is 2.87. The molecule has 1 aromatic rings. The van der Waals surface area contributed by atoms with Crippen LogP contribution in [0.3, 0.4) is 0 Å². The molecule has 0 spiro atoms. The van der Waals surface area contributed by atoms with Gasteiger partial charge in [0.2, 0.25) is 0 Å². The second-order valence-corrected chi connectivity index (χ2v) is 4.96. The minimum absolute atomic E-state index is 0.758. The van der Waals surface area contributed by atoms with Gasteiger partial charge in [0, 0.05) is 11.6 Å². The molecule has 0 radical (unpaired) electrons. The molecular weight excluding hydrogens is 192 g/mol. The number of aromatic nitrogens is 1. The molecular formula is C11H20N2S. The molecule has 0 atom stereocenters. The van der Waals surface area contributed by atoms with Crippen molar-refractivity contribution >= 4 is 11.3 Å². The van der Waals surface area contributed by atoms with Crippen molar-refractivity contribution in [3.8, 4) is 0 Å². The lowest BCUT2D eigenvalue weighted by Gasteiger charge is -2.06. The van der Waals surface area contributed by atoms with Crippen LogP contribution in [0.5, 0.6) is 0 Å². The van der Waals surface area contributed by atoms with E-state index >= 15 is 0 Å². The highest BCUT2D eigenvalue weighted by Crippen LogP contribution is 2.07. The van der Waals surface area contributed by atoms with Crippen LogP contribution in [0.2, 0.25) is 0 Å². The van der Waals surface area contributed by atoms with Gasteiger partial charge in [-0.15, -0.1) is 11.3 Å². The van der Waals surface area contributed by atoms with Crippen LogP contribution in [0.1, 0.15) is 31.7 Å². The van der Waals surface area contributed by atoms with Gasteiger partial charge in [0.1, 0.15) is 0 Å². The summed E-state index contributed by atoms with van der Waals surface area (Å²) in [4.78, 5) is 4.26. The van der Waals surface area contributed by atoms with Crippen molar-refractivity contribution < 1.29 is 0 Å². The molecule has 0 saturated carbocycles. The minimum atomic E-state index is 0.758. The lowest BCUT2D eigenvalue weighted by atomic mass is 10.2. The molecule has 0 aliphatic rings. The normalized spacial score (nSPS) is 11.1. The Morgan fingerprint density at radius 2 is 2.29 bits per heavy atom. The topological polar surface area (TPSA) is 24.9 Å². The molecule has 0 fully saturated rings. The first-order valence-electron chi connectivity index (χ1n) is 5.38. The molecule has 3 heteroatoms. The van der Waals surface area contributed by atoms with Crippen molar-refractivity contribution in [1.29, 1.82) is 0 Å². The van der Waals surface area contributed by atoms with Crippen LogP contribution >= 0.6 is 11.3 Å². The van der Waals surface area contributed by atoms with Crippen LogP contribution in [-0.4, -0.2) is 18.1 Å². The Morgan fingerprint density at radius 3 is 2.93 bits per heavy atom. The highest BCUT2D eigenvalue weighted by Gasteiger charge is 1.96. The summed E-state index contributed by atoms with van der Waals surface area (Å²) < 4.78 is 0. The SMILES string of the molecule is CC(C)CNCCCCc1nccs1. The van der Waals surface area contributed by atoms with Crippen LogP contribution in [-0.2, 0) is 6.42 Å². The highest BCUT2D eigenvalue weighted by atomic mass is 32.1. The number of hydrogen-bond donors (Lipinski definition) is 1. The van der Waals surface area contributed by atoms with Crippen LogP contribution in [0.4, 0.5) is 0 Å². The molecule has 2 nitrogen and oxygen atoms in total. The van der Waals surface area contributed by atoms with Gasteiger partial charge in [-0.3, -0.25) is 0 Å². The Kier molecular flexibility index (Phi) is 5.80. The van der Waals surface area contributed by atoms with E-state index in [-0.39, 0.29) is 0 Å². The maximum atomic E-state index is 4.26. The van der Waals surface area contributed by atoms with Crippen LogP contribution in [0, 0.1) is 5.92 Å². The average molecular weight is 212 g/mol. The first kappa shape index (κ1) is 11.7. The van der Waals surface area contributed by atoms with Gasteiger partial charge in [0.05, 0.1) is 5.01 Å². The van der Waals surface area contributed by atoms with E-state index in [4.69, 9.17) is 0 Å². The summed E-state index contributed by atoms with van der Waals surface area (Å²) in [5.41, 5.74) is 0. The standard InChI is InChI=1S/C11H20N2S/c1-10(2)9-12-6-4-3-5-11-13-7-8-14-11/h7-8,10,12H,3-6,9H2,1-2H3. The largest absolute Gasteiger partial charge is 0.316 e. The zero-order chi connectivity index (χ0) is 10.2. The molecule has 1 heterocycles. The first-order valence-corrected chi connectivity index (χ1v) is 6.26. The predicted molar refractivity (Wildman–Crippen MR) is 62.8 cm³/mol. The Hall–Kier alpha value is -0.410. The Morgan fingerprint density at radius 1 is 1.43 bits per heavy atom. The van der Waals surface area contributed by atoms with E-state index in [1.54, 1.807) is 11.3 Å². The quantitative estimate of drug-likeness (QED) is 0.703. The molecule has 1 rings (SSSR count). The number of thiazole rings is 1. The third-order valence-electron chi connectivity index (χ3n) is 2.03. The molecule has 0 unspecified atom stereocenters. The van der Waals surface area contributed by atoms with Crippen molar-refractivity contribution in [2.24, 2.45) is 5.92 Å². The lowest BCUT2D eigenvalue weighted by Crippen LogP contribution is -2.20. The van der Waals surface area contributed by atoms with Crippen LogP contribution in [0.25, 0.3) is 0 Å². The summed E-state index contributed by atoms with van der Waals surface area (Å²) in [5, 5.41) is 6.77. The van der Waals surface area contributed by atoms with Gasteiger partial charge < -0.3 is 5.32 Å². The summed E-state index contributed by atoms with van der Waals surface area (Å²) in [7, 11) is 0. The maximum absolute atomic E-state index is 4.26. The molecule has 0 amide bonds. The van der Waals surface area contributed by atoms with Gasteiger partial charge in [-0.2, -0.15) is 0 Å². The molecule has 0 aliphatic carbocycles. The molecule has 1 aromatic heterocycles.